The van der Waals surface area contributed by atoms with Crippen molar-refractivity contribution < 1.29 is 14.2 Å². The summed E-state index contributed by atoms with van der Waals surface area (Å²) in [5.74, 6) is 0.358. The van der Waals surface area contributed by atoms with Gasteiger partial charge in [0.1, 0.15) is 6.10 Å². The van der Waals surface area contributed by atoms with Crippen LogP contribution in [0.4, 0.5) is 0 Å². The summed E-state index contributed by atoms with van der Waals surface area (Å²) in [7, 11) is 1.42. The molecule has 1 N–H and O–H groups in total. The molecule has 0 saturated carbocycles. The predicted molar refractivity (Wildman–Crippen MR) is 65.1 cm³/mol. The molecule has 2 heterocycles. The van der Waals surface area contributed by atoms with Crippen molar-refractivity contribution in [1.29, 1.82) is 0 Å². The Morgan fingerprint density at radius 1 is 1.39 bits per heavy atom. The first kappa shape index (κ1) is 12.9. The fourth-order valence-corrected chi connectivity index (χ4v) is 2.23. The van der Waals surface area contributed by atoms with Gasteiger partial charge in [0.25, 0.3) is 11.4 Å². The Balaban J connectivity index is 2.14. The van der Waals surface area contributed by atoms with E-state index in [9.17, 15) is 4.79 Å². The van der Waals surface area contributed by atoms with E-state index < -0.39 is 0 Å². The van der Waals surface area contributed by atoms with E-state index in [1.165, 1.54) is 13.4 Å². The Bertz CT molecular complexity index is 450. The largest absolute Gasteiger partial charge is 0.487 e. The van der Waals surface area contributed by atoms with Gasteiger partial charge in [0.05, 0.1) is 25.6 Å². The normalized spacial score (nSPS) is 27.8. The molecule has 1 aliphatic rings. The number of aromatic nitrogens is 2. The van der Waals surface area contributed by atoms with Crippen molar-refractivity contribution in [3.63, 3.8) is 0 Å². The third-order valence-corrected chi connectivity index (χ3v) is 2.91. The zero-order valence-corrected chi connectivity index (χ0v) is 10.8. The smallest absolute Gasteiger partial charge is 0.297 e. The number of ether oxygens (including phenoxy) is 3. The molecule has 100 valence electrons. The molecular weight excluding hydrogens is 236 g/mol. The molecule has 2 rings (SSSR count). The van der Waals surface area contributed by atoms with Gasteiger partial charge >= 0.3 is 0 Å². The van der Waals surface area contributed by atoms with Crippen molar-refractivity contribution >= 4 is 0 Å². The lowest BCUT2D eigenvalue weighted by Gasteiger charge is -2.32. The molecule has 0 aliphatic carbocycles. The average molecular weight is 254 g/mol. The summed E-state index contributed by atoms with van der Waals surface area (Å²) < 4.78 is 16.4. The second-order valence-electron chi connectivity index (χ2n) is 4.54. The maximum atomic E-state index is 11.5. The summed E-state index contributed by atoms with van der Waals surface area (Å²) in [6, 6.07) is 0. The predicted octanol–water partition coefficient (Wildman–Crippen LogP) is 1.11. The van der Waals surface area contributed by atoms with Crippen molar-refractivity contribution in [3.8, 4) is 11.6 Å². The van der Waals surface area contributed by atoms with Crippen molar-refractivity contribution in [3.05, 3.63) is 16.7 Å². The molecule has 0 amide bonds. The summed E-state index contributed by atoms with van der Waals surface area (Å²) in [6.07, 6.45) is 3.15. The highest BCUT2D eigenvalue weighted by atomic mass is 16.5. The van der Waals surface area contributed by atoms with E-state index in [1.54, 1.807) is 0 Å². The number of nitrogens with zero attached hydrogens (tertiary/aromatic N) is 1. The van der Waals surface area contributed by atoms with Gasteiger partial charge < -0.3 is 19.2 Å². The van der Waals surface area contributed by atoms with Gasteiger partial charge in [-0.2, -0.15) is 0 Å². The average Bonchev–Trinajstić information content (AvgIpc) is 2.27. The minimum Gasteiger partial charge on any atom is -0.487 e. The van der Waals surface area contributed by atoms with Crippen LogP contribution in [-0.2, 0) is 4.74 Å². The van der Waals surface area contributed by atoms with Gasteiger partial charge in [0, 0.05) is 12.8 Å². The molecule has 1 saturated heterocycles. The second-order valence-corrected chi connectivity index (χ2v) is 4.54. The standard InChI is InChI=1S/C12H18N2O4/c1-7-4-9(5-8(2)17-7)18-12-10(16-3)11(15)13-6-14-12/h6-9H,4-5H2,1-3H3,(H,13,14,15). The summed E-state index contributed by atoms with van der Waals surface area (Å²) in [4.78, 5) is 18.0. The molecule has 1 aliphatic heterocycles. The molecule has 0 aromatic carbocycles. The Kier molecular flexibility index (Phi) is 3.86. The van der Waals surface area contributed by atoms with Crippen molar-refractivity contribution in [2.75, 3.05) is 7.11 Å². The Hall–Kier alpha value is -1.56. The first-order chi connectivity index (χ1) is 8.60. The SMILES string of the molecule is COc1c(OC2CC(C)OC(C)C2)nc[nH]c1=O. The molecular formula is C12H18N2O4. The van der Waals surface area contributed by atoms with E-state index >= 15 is 0 Å². The lowest BCUT2D eigenvalue weighted by atomic mass is 10.0. The molecule has 0 radical (unpaired) electrons. The Morgan fingerprint density at radius 3 is 2.67 bits per heavy atom. The fraction of sp³-hybridized carbons (Fsp3) is 0.667. The quantitative estimate of drug-likeness (QED) is 0.874. The zero-order chi connectivity index (χ0) is 13.1. The van der Waals surface area contributed by atoms with Gasteiger partial charge in [-0.1, -0.05) is 0 Å². The first-order valence-electron chi connectivity index (χ1n) is 6.04. The third kappa shape index (κ3) is 2.81. The number of aromatic amines is 1. The number of rotatable bonds is 3. The monoisotopic (exact) mass is 254 g/mol. The molecule has 1 fully saturated rings. The van der Waals surface area contributed by atoms with E-state index in [-0.39, 0.29) is 35.5 Å². The van der Waals surface area contributed by atoms with Crippen LogP contribution < -0.4 is 15.0 Å². The van der Waals surface area contributed by atoms with Crippen LogP contribution in [0.3, 0.4) is 0 Å². The van der Waals surface area contributed by atoms with Crippen LogP contribution in [-0.4, -0.2) is 35.4 Å². The highest BCUT2D eigenvalue weighted by Gasteiger charge is 2.27. The number of methoxy groups -OCH3 is 1. The van der Waals surface area contributed by atoms with Crippen molar-refractivity contribution in [2.45, 2.75) is 45.0 Å². The zero-order valence-electron chi connectivity index (χ0n) is 10.8. The maximum Gasteiger partial charge on any atom is 0.297 e. The summed E-state index contributed by atoms with van der Waals surface area (Å²) in [6.45, 7) is 4.02. The third-order valence-electron chi connectivity index (χ3n) is 2.91. The first-order valence-corrected chi connectivity index (χ1v) is 6.04. The molecule has 18 heavy (non-hydrogen) atoms. The van der Waals surface area contributed by atoms with Gasteiger partial charge in [0.15, 0.2) is 0 Å². The molecule has 1 aromatic rings. The van der Waals surface area contributed by atoms with E-state index in [4.69, 9.17) is 14.2 Å². The van der Waals surface area contributed by atoms with Crippen LogP contribution >= 0.6 is 0 Å². The van der Waals surface area contributed by atoms with Crippen LogP contribution in [0.2, 0.25) is 0 Å². The molecule has 1 aromatic heterocycles. The van der Waals surface area contributed by atoms with Crippen LogP contribution in [0.15, 0.2) is 11.1 Å². The van der Waals surface area contributed by atoms with E-state index in [2.05, 4.69) is 9.97 Å². The van der Waals surface area contributed by atoms with Gasteiger partial charge in [-0.15, -0.1) is 0 Å². The van der Waals surface area contributed by atoms with Gasteiger partial charge in [-0.3, -0.25) is 4.79 Å². The minimum absolute atomic E-state index is 0.00745. The summed E-state index contributed by atoms with van der Waals surface area (Å²) >= 11 is 0. The van der Waals surface area contributed by atoms with Crippen molar-refractivity contribution in [2.24, 2.45) is 0 Å². The Labute approximate surface area is 105 Å². The molecule has 2 unspecified atom stereocenters. The number of H-pyrrole nitrogens is 1. The summed E-state index contributed by atoms with van der Waals surface area (Å²) in [5.41, 5.74) is -0.337. The minimum atomic E-state index is -0.337. The lowest BCUT2D eigenvalue weighted by Crippen LogP contribution is -2.36. The van der Waals surface area contributed by atoms with E-state index in [0.29, 0.717) is 0 Å². The number of nitrogens with one attached hydrogen (secondary N) is 1. The van der Waals surface area contributed by atoms with Gasteiger partial charge in [-0.05, 0) is 13.8 Å². The molecule has 2 atom stereocenters. The van der Waals surface area contributed by atoms with E-state index in [0.717, 1.165) is 12.8 Å². The maximum absolute atomic E-state index is 11.5. The number of hydrogen-bond donors (Lipinski definition) is 1. The topological polar surface area (TPSA) is 73.4 Å². The van der Waals surface area contributed by atoms with Crippen LogP contribution in [0.1, 0.15) is 26.7 Å². The number of hydrogen-bond acceptors (Lipinski definition) is 5. The molecule has 6 nitrogen and oxygen atoms in total. The van der Waals surface area contributed by atoms with Crippen molar-refractivity contribution in [1.82, 2.24) is 9.97 Å². The molecule has 6 heteroatoms. The van der Waals surface area contributed by atoms with Crippen LogP contribution in [0.25, 0.3) is 0 Å². The highest BCUT2D eigenvalue weighted by Crippen LogP contribution is 2.26. The summed E-state index contributed by atoms with van der Waals surface area (Å²) in [5, 5.41) is 0. The lowest BCUT2D eigenvalue weighted by molar-refractivity contribution is -0.0734. The van der Waals surface area contributed by atoms with E-state index in [1.807, 2.05) is 13.8 Å². The molecule has 0 bridgehead atoms. The van der Waals surface area contributed by atoms with Crippen LogP contribution in [0.5, 0.6) is 11.6 Å². The van der Waals surface area contributed by atoms with Crippen LogP contribution in [0, 0.1) is 0 Å². The fourth-order valence-electron chi connectivity index (χ4n) is 2.23. The van der Waals surface area contributed by atoms with Gasteiger partial charge in [-0.25, -0.2) is 4.98 Å². The second kappa shape index (κ2) is 5.39. The Morgan fingerprint density at radius 2 is 2.06 bits per heavy atom. The van der Waals surface area contributed by atoms with Gasteiger partial charge in [0.2, 0.25) is 5.75 Å². The highest BCUT2D eigenvalue weighted by molar-refractivity contribution is 5.29. The molecule has 0 spiro atoms.